The van der Waals surface area contributed by atoms with E-state index in [0.717, 1.165) is 11.1 Å². The van der Waals surface area contributed by atoms with Crippen LogP contribution in [0.2, 0.25) is 5.02 Å². The number of carbonyl (C=O) groups is 1. The lowest BCUT2D eigenvalue weighted by Crippen LogP contribution is -2.20. The minimum Gasteiger partial charge on any atom is -0.307 e. The van der Waals surface area contributed by atoms with Crippen molar-refractivity contribution in [3.63, 3.8) is 0 Å². The largest absolute Gasteiger partial charge is 0.323 e. The molecule has 0 atom stereocenters. The van der Waals surface area contributed by atoms with Gasteiger partial charge in [-0.15, -0.1) is 0 Å². The zero-order valence-corrected chi connectivity index (χ0v) is 17.4. The predicted octanol–water partition coefficient (Wildman–Crippen LogP) is 5.83. The smallest absolute Gasteiger partial charge is 0.307 e. The number of carbonyl (C=O) groups excluding carboxylic acids is 1. The van der Waals surface area contributed by atoms with Gasteiger partial charge in [-0.1, -0.05) is 67.1 Å². The lowest BCUT2D eigenvalue weighted by Gasteiger charge is -2.15. The second-order valence-corrected chi connectivity index (χ2v) is 8.97. The highest BCUT2D eigenvalue weighted by atomic mass is 35.5. The van der Waals surface area contributed by atoms with Gasteiger partial charge in [0, 0.05) is 5.56 Å². The number of sulfone groups is 1. The first-order chi connectivity index (χ1) is 13.9. The fourth-order valence-corrected chi connectivity index (χ4v) is 4.44. The number of rotatable bonds is 6. The molecule has 0 aliphatic rings. The van der Waals surface area contributed by atoms with Crippen molar-refractivity contribution >= 4 is 38.8 Å². The zero-order valence-electron chi connectivity index (χ0n) is 15.9. The highest BCUT2D eigenvalue weighted by molar-refractivity contribution is 7.91. The number of anilines is 2. The Morgan fingerprint density at radius 3 is 2.24 bits per heavy atom. The van der Waals surface area contributed by atoms with E-state index in [2.05, 4.69) is 10.6 Å². The molecule has 0 spiro atoms. The summed E-state index contributed by atoms with van der Waals surface area (Å²) >= 11 is 6.10. The number of hydrogen-bond donors (Lipinski definition) is 2. The third kappa shape index (κ3) is 5.16. The summed E-state index contributed by atoms with van der Waals surface area (Å²) in [5.41, 5.74) is 2.44. The molecule has 5 nitrogen and oxygen atoms in total. The van der Waals surface area contributed by atoms with Crippen LogP contribution in [0.1, 0.15) is 13.3 Å². The second kappa shape index (κ2) is 9.11. The first-order valence-electron chi connectivity index (χ1n) is 9.15. The Labute approximate surface area is 175 Å². The van der Waals surface area contributed by atoms with E-state index in [0.29, 0.717) is 22.8 Å². The van der Waals surface area contributed by atoms with Crippen LogP contribution in [0, 0.1) is 0 Å². The van der Waals surface area contributed by atoms with Crippen LogP contribution in [-0.4, -0.2) is 20.2 Å². The standard InChI is InChI=1S/C22H21ClN2O3S/c1-2-14-29(27,28)17-12-13-18(16-8-4-3-5-9-16)21(15-17)25-22(26)24-20-11-7-6-10-19(20)23/h3-13,15H,2,14H2,1H3,(H2,24,25,26). The fourth-order valence-electron chi connectivity index (χ4n) is 2.91. The molecular formula is C22H21ClN2O3S. The number of urea groups is 1. The first kappa shape index (κ1) is 20.9. The topological polar surface area (TPSA) is 75.3 Å². The van der Waals surface area contributed by atoms with Gasteiger partial charge in [-0.2, -0.15) is 0 Å². The summed E-state index contributed by atoms with van der Waals surface area (Å²) in [4.78, 5) is 12.7. The van der Waals surface area contributed by atoms with Crippen molar-refractivity contribution in [3.8, 4) is 11.1 Å². The van der Waals surface area contributed by atoms with Gasteiger partial charge in [-0.05, 0) is 36.2 Å². The van der Waals surface area contributed by atoms with Gasteiger partial charge in [0.1, 0.15) is 0 Å². The van der Waals surface area contributed by atoms with Gasteiger partial charge >= 0.3 is 6.03 Å². The molecule has 29 heavy (non-hydrogen) atoms. The Hall–Kier alpha value is -2.83. The van der Waals surface area contributed by atoms with Gasteiger partial charge in [0.15, 0.2) is 9.84 Å². The van der Waals surface area contributed by atoms with Crippen LogP contribution in [-0.2, 0) is 9.84 Å². The van der Waals surface area contributed by atoms with Gasteiger partial charge < -0.3 is 10.6 Å². The van der Waals surface area contributed by atoms with E-state index in [1.807, 2.05) is 37.3 Å². The molecule has 0 fully saturated rings. The third-order valence-electron chi connectivity index (χ3n) is 4.28. The van der Waals surface area contributed by atoms with Crippen LogP contribution in [0.3, 0.4) is 0 Å². The monoisotopic (exact) mass is 428 g/mol. The van der Waals surface area contributed by atoms with E-state index >= 15 is 0 Å². The molecule has 150 valence electrons. The summed E-state index contributed by atoms with van der Waals surface area (Å²) in [5, 5.41) is 5.86. The first-order valence-corrected chi connectivity index (χ1v) is 11.2. The van der Waals surface area contributed by atoms with E-state index < -0.39 is 15.9 Å². The van der Waals surface area contributed by atoms with Gasteiger partial charge in [-0.25, -0.2) is 13.2 Å². The molecule has 0 saturated heterocycles. The van der Waals surface area contributed by atoms with E-state index in [1.165, 1.54) is 6.07 Å². The van der Waals surface area contributed by atoms with Crippen molar-refractivity contribution in [3.05, 3.63) is 77.8 Å². The summed E-state index contributed by atoms with van der Waals surface area (Å²) < 4.78 is 25.0. The SMILES string of the molecule is CCCS(=O)(=O)c1ccc(-c2ccccc2)c(NC(=O)Nc2ccccc2Cl)c1. The maximum Gasteiger partial charge on any atom is 0.323 e. The van der Waals surface area contributed by atoms with Gasteiger partial charge in [0.25, 0.3) is 0 Å². The minimum atomic E-state index is -3.43. The molecule has 3 rings (SSSR count). The Morgan fingerprint density at radius 2 is 1.55 bits per heavy atom. The van der Waals surface area contributed by atoms with Crippen molar-refractivity contribution in [1.29, 1.82) is 0 Å². The van der Waals surface area contributed by atoms with E-state index in [-0.39, 0.29) is 10.6 Å². The molecular weight excluding hydrogens is 408 g/mol. The van der Waals surface area contributed by atoms with Crippen molar-refractivity contribution in [2.24, 2.45) is 0 Å². The second-order valence-electron chi connectivity index (χ2n) is 6.45. The summed E-state index contributed by atoms with van der Waals surface area (Å²) in [6.45, 7) is 1.81. The van der Waals surface area contributed by atoms with Gasteiger partial charge in [-0.3, -0.25) is 0 Å². The molecule has 0 unspecified atom stereocenters. The molecule has 2 N–H and O–H groups in total. The molecule has 0 aliphatic carbocycles. The number of benzene rings is 3. The lowest BCUT2D eigenvalue weighted by atomic mass is 10.0. The highest BCUT2D eigenvalue weighted by Gasteiger charge is 2.17. The molecule has 3 aromatic rings. The lowest BCUT2D eigenvalue weighted by molar-refractivity contribution is 0.262. The number of nitrogens with one attached hydrogen (secondary N) is 2. The number of amides is 2. The normalized spacial score (nSPS) is 11.1. The van der Waals surface area contributed by atoms with Crippen LogP contribution in [0.25, 0.3) is 11.1 Å². The Balaban J connectivity index is 1.97. The van der Waals surface area contributed by atoms with Crippen LogP contribution >= 0.6 is 11.6 Å². The number of para-hydroxylation sites is 1. The van der Waals surface area contributed by atoms with Gasteiger partial charge in [0.05, 0.1) is 27.0 Å². The fraction of sp³-hybridized carbons (Fsp3) is 0.136. The van der Waals surface area contributed by atoms with Crippen molar-refractivity contribution in [2.45, 2.75) is 18.2 Å². The van der Waals surface area contributed by atoms with Crippen molar-refractivity contribution < 1.29 is 13.2 Å². The van der Waals surface area contributed by atoms with Crippen molar-refractivity contribution in [1.82, 2.24) is 0 Å². The maximum absolute atomic E-state index is 12.6. The predicted molar refractivity (Wildman–Crippen MR) is 118 cm³/mol. The van der Waals surface area contributed by atoms with Crippen LogP contribution in [0.4, 0.5) is 16.2 Å². The summed E-state index contributed by atoms with van der Waals surface area (Å²) in [5.74, 6) is 0.0446. The average molecular weight is 429 g/mol. The quantitative estimate of drug-likeness (QED) is 0.518. The number of halogens is 1. The average Bonchev–Trinajstić information content (AvgIpc) is 2.70. The van der Waals surface area contributed by atoms with Crippen LogP contribution in [0.5, 0.6) is 0 Å². The van der Waals surface area contributed by atoms with E-state index in [4.69, 9.17) is 11.6 Å². The minimum absolute atomic E-state index is 0.0446. The van der Waals surface area contributed by atoms with Crippen LogP contribution in [0.15, 0.2) is 77.7 Å². The maximum atomic E-state index is 12.6. The molecule has 2 amide bonds. The summed E-state index contributed by atoms with van der Waals surface area (Å²) in [6, 6.07) is 20.6. The molecule has 3 aromatic carbocycles. The molecule has 0 saturated carbocycles. The highest BCUT2D eigenvalue weighted by Crippen LogP contribution is 2.31. The Kier molecular flexibility index (Phi) is 6.56. The molecule has 0 bridgehead atoms. The molecule has 0 radical (unpaired) electrons. The van der Waals surface area contributed by atoms with E-state index in [9.17, 15) is 13.2 Å². The molecule has 0 aromatic heterocycles. The van der Waals surface area contributed by atoms with E-state index in [1.54, 1.807) is 36.4 Å². The Morgan fingerprint density at radius 1 is 0.897 bits per heavy atom. The number of hydrogen-bond acceptors (Lipinski definition) is 3. The Bertz CT molecular complexity index is 1120. The summed E-state index contributed by atoms with van der Waals surface area (Å²) in [6.07, 6.45) is 0.512. The molecule has 7 heteroatoms. The molecule has 0 aliphatic heterocycles. The van der Waals surface area contributed by atoms with Crippen LogP contribution < -0.4 is 10.6 Å². The van der Waals surface area contributed by atoms with Crippen molar-refractivity contribution in [2.75, 3.05) is 16.4 Å². The summed E-state index contributed by atoms with van der Waals surface area (Å²) in [7, 11) is -3.43. The zero-order chi connectivity index (χ0) is 20.9. The molecule has 0 heterocycles. The van der Waals surface area contributed by atoms with Gasteiger partial charge in [0.2, 0.25) is 0 Å². The third-order valence-corrected chi connectivity index (χ3v) is 6.53.